The first-order valence-electron chi connectivity index (χ1n) is 11.4. The van der Waals surface area contributed by atoms with Crippen LogP contribution in [-0.4, -0.2) is 48.4 Å². The van der Waals surface area contributed by atoms with Crippen LogP contribution in [0.15, 0.2) is 67.4 Å². The summed E-state index contributed by atoms with van der Waals surface area (Å²) >= 11 is 0. The number of aromatic nitrogens is 5. The molecule has 0 spiro atoms. The van der Waals surface area contributed by atoms with Gasteiger partial charge < -0.3 is 9.47 Å². The van der Waals surface area contributed by atoms with Crippen LogP contribution >= 0.6 is 0 Å². The molecule has 1 saturated heterocycles. The van der Waals surface area contributed by atoms with Gasteiger partial charge in [0.15, 0.2) is 5.82 Å². The molecule has 0 saturated carbocycles. The molecule has 4 aromatic rings. The van der Waals surface area contributed by atoms with Crippen molar-refractivity contribution in [2.24, 2.45) is 7.05 Å². The van der Waals surface area contributed by atoms with E-state index in [4.69, 9.17) is 0 Å². The predicted octanol–water partition coefficient (Wildman–Crippen LogP) is 4.02. The van der Waals surface area contributed by atoms with Crippen LogP contribution in [0.4, 0.5) is 4.39 Å². The number of pyridine rings is 1. The van der Waals surface area contributed by atoms with Crippen molar-refractivity contribution in [3.63, 3.8) is 0 Å². The zero-order chi connectivity index (χ0) is 23.5. The van der Waals surface area contributed by atoms with E-state index in [1.165, 1.54) is 12.1 Å². The maximum Gasteiger partial charge on any atom is 0.253 e. The zero-order valence-electron chi connectivity index (χ0n) is 18.9. The van der Waals surface area contributed by atoms with Gasteiger partial charge in [-0.05, 0) is 42.7 Å². The fourth-order valence-corrected chi connectivity index (χ4v) is 4.54. The van der Waals surface area contributed by atoms with E-state index in [9.17, 15) is 9.18 Å². The number of nitrogens with zero attached hydrogens (tertiary/aromatic N) is 6. The number of likely N-dealkylation sites (tertiary alicyclic amines) is 1. The van der Waals surface area contributed by atoms with E-state index in [0.29, 0.717) is 25.1 Å². The minimum Gasteiger partial charge on any atom is -0.338 e. The summed E-state index contributed by atoms with van der Waals surface area (Å²) in [5.74, 6) is 0.530. The Morgan fingerprint density at radius 1 is 1.06 bits per heavy atom. The molecule has 7 nitrogen and oxygen atoms in total. The first-order valence-corrected chi connectivity index (χ1v) is 11.4. The molecule has 172 valence electrons. The lowest BCUT2D eigenvalue weighted by Crippen LogP contribution is -2.39. The molecular formula is C26H25FN6O. The van der Waals surface area contributed by atoms with Crippen molar-refractivity contribution in [3.8, 4) is 11.5 Å². The Morgan fingerprint density at radius 2 is 1.94 bits per heavy atom. The number of rotatable bonds is 5. The molecule has 1 atom stereocenters. The van der Waals surface area contributed by atoms with Gasteiger partial charge in [-0.1, -0.05) is 12.1 Å². The first-order chi connectivity index (χ1) is 16.6. The number of amides is 1. The van der Waals surface area contributed by atoms with Gasteiger partial charge in [-0.3, -0.25) is 14.8 Å². The monoisotopic (exact) mass is 456 g/mol. The molecule has 0 N–H and O–H groups in total. The molecule has 0 unspecified atom stereocenters. The summed E-state index contributed by atoms with van der Waals surface area (Å²) in [7, 11) is 1.93. The van der Waals surface area contributed by atoms with Gasteiger partial charge in [0, 0.05) is 74.7 Å². The molecule has 1 aliphatic heterocycles. The third-order valence-electron chi connectivity index (χ3n) is 6.19. The topological polar surface area (TPSA) is 76.8 Å². The van der Waals surface area contributed by atoms with Crippen LogP contribution in [0.2, 0.25) is 0 Å². The quantitative estimate of drug-likeness (QED) is 0.453. The standard InChI is InChI=1S/C26H25FN6O/c1-32-13-11-31-25(32)24-23(29-9-10-30-24)20-5-3-12-33(17-20)26(34)19-7-8-28-22(16-19)15-18-4-2-6-21(27)14-18/h2,4,6-11,13-14,16,20H,3,5,12,15,17H2,1H3/t20-/m1/s1. The summed E-state index contributed by atoms with van der Waals surface area (Å²) in [5.41, 5.74) is 3.77. The first kappa shape index (κ1) is 21.9. The molecule has 4 heterocycles. The van der Waals surface area contributed by atoms with E-state index in [1.807, 2.05) is 28.8 Å². The van der Waals surface area contributed by atoms with Crippen molar-refractivity contribution in [2.45, 2.75) is 25.2 Å². The van der Waals surface area contributed by atoms with Gasteiger partial charge in [0.25, 0.3) is 5.91 Å². The van der Waals surface area contributed by atoms with Gasteiger partial charge in [0.05, 0.1) is 5.69 Å². The number of halogens is 1. The lowest BCUT2D eigenvalue weighted by Gasteiger charge is -2.33. The van der Waals surface area contributed by atoms with Gasteiger partial charge in [0.2, 0.25) is 0 Å². The molecule has 0 aliphatic carbocycles. The maximum absolute atomic E-state index is 13.5. The molecule has 3 aromatic heterocycles. The number of hydrogen-bond acceptors (Lipinski definition) is 5. The Labute approximate surface area is 197 Å². The zero-order valence-corrected chi connectivity index (χ0v) is 18.9. The van der Waals surface area contributed by atoms with Crippen molar-refractivity contribution < 1.29 is 9.18 Å². The van der Waals surface area contributed by atoms with E-state index in [1.54, 1.807) is 43.0 Å². The number of hydrogen-bond donors (Lipinski definition) is 0. The van der Waals surface area contributed by atoms with Crippen LogP contribution in [0.1, 0.15) is 46.1 Å². The molecule has 34 heavy (non-hydrogen) atoms. The van der Waals surface area contributed by atoms with Gasteiger partial charge >= 0.3 is 0 Å². The van der Waals surface area contributed by atoms with Gasteiger partial charge in [-0.15, -0.1) is 0 Å². The van der Waals surface area contributed by atoms with Crippen molar-refractivity contribution in [1.82, 2.24) is 29.4 Å². The number of carbonyl (C=O) groups is 1. The Kier molecular flexibility index (Phi) is 6.12. The molecule has 0 radical (unpaired) electrons. The second-order valence-electron chi connectivity index (χ2n) is 8.58. The van der Waals surface area contributed by atoms with E-state index in [0.717, 1.165) is 41.3 Å². The fraction of sp³-hybridized carbons (Fsp3) is 0.269. The Hall–Kier alpha value is -3.94. The lowest BCUT2D eigenvalue weighted by atomic mass is 9.92. The van der Waals surface area contributed by atoms with Crippen LogP contribution in [-0.2, 0) is 13.5 Å². The number of piperidine rings is 1. The van der Waals surface area contributed by atoms with Crippen LogP contribution in [0.3, 0.4) is 0 Å². The molecular weight excluding hydrogens is 431 g/mol. The highest BCUT2D eigenvalue weighted by Gasteiger charge is 2.29. The summed E-state index contributed by atoms with van der Waals surface area (Å²) in [6.07, 6.45) is 10.9. The largest absolute Gasteiger partial charge is 0.338 e. The highest BCUT2D eigenvalue weighted by atomic mass is 19.1. The molecule has 8 heteroatoms. The van der Waals surface area contributed by atoms with Gasteiger partial charge in [0.1, 0.15) is 11.5 Å². The third kappa shape index (κ3) is 4.57. The maximum atomic E-state index is 13.5. The number of benzene rings is 1. The van der Waals surface area contributed by atoms with Crippen molar-refractivity contribution >= 4 is 5.91 Å². The van der Waals surface area contributed by atoms with E-state index in [-0.39, 0.29) is 17.6 Å². The lowest BCUT2D eigenvalue weighted by molar-refractivity contribution is 0.0705. The van der Waals surface area contributed by atoms with Gasteiger partial charge in [-0.2, -0.15) is 0 Å². The van der Waals surface area contributed by atoms with Crippen LogP contribution in [0.5, 0.6) is 0 Å². The molecule has 1 aliphatic rings. The SMILES string of the molecule is Cn1ccnc1-c1nccnc1[C@@H]1CCCN(C(=O)c2ccnc(Cc3cccc(F)c3)c2)C1. The minimum atomic E-state index is -0.280. The van der Waals surface area contributed by atoms with Crippen molar-refractivity contribution in [3.05, 3.63) is 95.7 Å². The molecule has 5 rings (SSSR count). The average molecular weight is 457 g/mol. The van der Waals surface area contributed by atoms with E-state index < -0.39 is 0 Å². The Morgan fingerprint density at radius 3 is 2.76 bits per heavy atom. The highest BCUT2D eigenvalue weighted by molar-refractivity contribution is 5.94. The summed E-state index contributed by atoms with van der Waals surface area (Å²) < 4.78 is 15.5. The minimum absolute atomic E-state index is 0.0324. The summed E-state index contributed by atoms with van der Waals surface area (Å²) in [4.78, 5) is 33.3. The highest BCUT2D eigenvalue weighted by Crippen LogP contribution is 2.31. The average Bonchev–Trinajstić information content (AvgIpc) is 3.29. The normalized spacial score (nSPS) is 15.9. The van der Waals surface area contributed by atoms with Crippen molar-refractivity contribution in [2.75, 3.05) is 13.1 Å². The van der Waals surface area contributed by atoms with E-state index in [2.05, 4.69) is 19.9 Å². The summed E-state index contributed by atoms with van der Waals surface area (Å²) in [6.45, 7) is 1.26. The smallest absolute Gasteiger partial charge is 0.253 e. The third-order valence-corrected chi connectivity index (χ3v) is 6.19. The Balaban J connectivity index is 1.35. The van der Waals surface area contributed by atoms with Crippen LogP contribution < -0.4 is 0 Å². The Bertz CT molecular complexity index is 1320. The van der Waals surface area contributed by atoms with E-state index >= 15 is 0 Å². The van der Waals surface area contributed by atoms with Crippen LogP contribution in [0, 0.1) is 5.82 Å². The van der Waals surface area contributed by atoms with Crippen LogP contribution in [0.25, 0.3) is 11.5 Å². The molecule has 1 fully saturated rings. The number of imidazole rings is 1. The second kappa shape index (κ2) is 9.51. The van der Waals surface area contributed by atoms with Crippen molar-refractivity contribution in [1.29, 1.82) is 0 Å². The number of aryl methyl sites for hydroxylation is 1. The summed E-state index contributed by atoms with van der Waals surface area (Å²) in [5, 5.41) is 0. The molecule has 1 aromatic carbocycles. The van der Waals surface area contributed by atoms with Gasteiger partial charge in [-0.25, -0.2) is 14.4 Å². The number of carbonyl (C=O) groups excluding carboxylic acids is 1. The molecule has 1 amide bonds. The second-order valence-corrected chi connectivity index (χ2v) is 8.58. The predicted molar refractivity (Wildman–Crippen MR) is 126 cm³/mol. The fourth-order valence-electron chi connectivity index (χ4n) is 4.54. The summed E-state index contributed by atoms with van der Waals surface area (Å²) in [6, 6.07) is 9.99. The molecule has 0 bridgehead atoms.